The molecule has 6 aromatic rings. The molecule has 1 unspecified atom stereocenters. The molecule has 2 aliphatic carbocycles. The number of benzene rings is 6. The zero-order valence-corrected chi connectivity index (χ0v) is 26.0. The van der Waals surface area contributed by atoms with Crippen LogP contribution in [0.2, 0.25) is 13.1 Å². The molecule has 0 spiro atoms. The van der Waals surface area contributed by atoms with Crippen molar-refractivity contribution in [3.05, 3.63) is 146 Å². The van der Waals surface area contributed by atoms with Crippen LogP contribution in [0.1, 0.15) is 46.2 Å². The third-order valence-corrected chi connectivity index (χ3v) is 11.2. The van der Waals surface area contributed by atoms with Crippen LogP contribution in [-0.2, 0) is 0 Å². The summed E-state index contributed by atoms with van der Waals surface area (Å²) in [5.41, 5.74) is 15.4. The molecule has 0 aliphatic heterocycles. The molecule has 0 N–H and O–H groups in total. The molecule has 0 saturated heterocycles. The lowest BCUT2D eigenvalue weighted by Gasteiger charge is -2.21. The first-order valence-electron chi connectivity index (χ1n) is 15.1. The summed E-state index contributed by atoms with van der Waals surface area (Å²) in [5, 5.41) is 6.68. The van der Waals surface area contributed by atoms with Crippen molar-refractivity contribution >= 4 is 42.1 Å². The Labute approximate surface area is 249 Å². The summed E-state index contributed by atoms with van der Waals surface area (Å²) in [6.45, 7) is 11.8. The normalized spacial score (nSPS) is 14.9. The highest BCUT2D eigenvalue weighted by Gasteiger charge is 2.31. The van der Waals surface area contributed by atoms with E-state index in [4.69, 9.17) is 0 Å². The Bertz CT molecular complexity index is 2290. The highest BCUT2D eigenvalue weighted by molar-refractivity contribution is 6.47. The molecule has 202 valence electrons. The van der Waals surface area contributed by atoms with Crippen LogP contribution in [0.5, 0.6) is 0 Å². The molecule has 42 heavy (non-hydrogen) atoms. The van der Waals surface area contributed by atoms with Crippen molar-refractivity contribution in [3.8, 4) is 22.3 Å². The molecule has 1 heteroatoms. The molecule has 1 atom stereocenters. The van der Waals surface area contributed by atoms with Crippen molar-refractivity contribution < 1.29 is 0 Å². The molecule has 0 bridgehead atoms. The molecule has 0 radical (unpaired) electrons. The van der Waals surface area contributed by atoms with Crippen molar-refractivity contribution in [1.82, 2.24) is 0 Å². The summed E-state index contributed by atoms with van der Waals surface area (Å²) in [6, 6.07) is 36.6. The summed E-state index contributed by atoms with van der Waals surface area (Å²) in [7, 11) is -0.646. The van der Waals surface area contributed by atoms with Crippen LogP contribution in [0.15, 0.2) is 103 Å². The molecule has 2 aliphatic rings. The van der Waals surface area contributed by atoms with E-state index in [1.54, 1.807) is 4.81 Å². The monoisotopic (exact) mass is 554 g/mol. The average molecular weight is 555 g/mol. The molecule has 0 amide bonds. The number of allylic oxidation sites excluding steroid dienone is 1. The van der Waals surface area contributed by atoms with Crippen molar-refractivity contribution in [2.45, 2.75) is 39.8 Å². The standard InChI is InChI=1S/C41H34Si/c1-24-17-18-30-28(19-24)22-38-37(30)23-39(42(4)5)26(3)41(38)40-25(2)20-35-33(15-10-16-34(35)40)36-21-27-11-6-7-12-29(27)31-13-8-9-14-32(31)36/h6-23,40H,1-5H3. The highest BCUT2D eigenvalue weighted by Crippen LogP contribution is 2.47. The number of hydrogen-bond acceptors (Lipinski definition) is 0. The van der Waals surface area contributed by atoms with E-state index in [0.717, 1.165) is 0 Å². The van der Waals surface area contributed by atoms with Gasteiger partial charge >= 0.3 is 0 Å². The van der Waals surface area contributed by atoms with E-state index < -0.39 is 8.41 Å². The van der Waals surface area contributed by atoms with Gasteiger partial charge in [0.1, 0.15) is 0 Å². The zero-order chi connectivity index (χ0) is 28.7. The predicted molar refractivity (Wildman–Crippen MR) is 183 cm³/mol. The van der Waals surface area contributed by atoms with Gasteiger partial charge in [0.15, 0.2) is 0 Å². The van der Waals surface area contributed by atoms with E-state index in [1.807, 2.05) is 0 Å². The van der Waals surface area contributed by atoms with Crippen molar-refractivity contribution in [3.63, 3.8) is 0 Å². The first kappa shape index (κ1) is 25.4. The van der Waals surface area contributed by atoms with Crippen LogP contribution in [0, 0.1) is 18.7 Å². The lowest BCUT2D eigenvalue weighted by Crippen LogP contribution is -2.19. The van der Waals surface area contributed by atoms with Gasteiger partial charge in [-0.05, 0) is 115 Å². The van der Waals surface area contributed by atoms with E-state index in [1.165, 1.54) is 88.0 Å². The van der Waals surface area contributed by atoms with Gasteiger partial charge in [-0.3, -0.25) is 0 Å². The van der Waals surface area contributed by atoms with E-state index in [9.17, 15) is 0 Å². The van der Waals surface area contributed by atoms with Gasteiger partial charge in [0.25, 0.3) is 0 Å². The van der Waals surface area contributed by atoms with Crippen molar-refractivity contribution in [2.24, 2.45) is 0 Å². The third-order valence-electron chi connectivity index (χ3n) is 9.64. The van der Waals surface area contributed by atoms with Crippen LogP contribution in [0.4, 0.5) is 0 Å². The fraction of sp³-hybridized carbons (Fsp3) is 0.146. The Morgan fingerprint density at radius 1 is 0.595 bits per heavy atom. The number of aryl methyl sites for hydroxylation is 1. The third kappa shape index (κ3) is 3.63. The second kappa shape index (κ2) is 9.34. The van der Waals surface area contributed by atoms with Gasteiger partial charge < -0.3 is 0 Å². The Morgan fingerprint density at radius 3 is 2.17 bits per heavy atom. The van der Waals surface area contributed by atoms with Gasteiger partial charge in [-0.2, -0.15) is 0 Å². The van der Waals surface area contributed by atoms with Gasteiger partial charge in [0, 0.05) is 14.3 Å². The minimum absolute atomic E-state index is 0.258. The van der Waals surface area contributed by atoms with Crippen LogP contribution >= 0.6 is 0 Å². The lowest BCUT2D eigenvalue weighted by atomic mass is 9.82. The molecular formula is C41H34Si. The van der Waals surface area contributed by atoms with Crippen LogP contribution in [0.3, 0.4) is 0 Å². The largest absolute Gasteiger partial charge is 0.0616 e. The molecule has 0 heterocycles. The van der Waals surface area contributed by atoms with Gasteiger partial charge in [-0.25, -0.2) is 0 Å². The molecule has 8 rings (SSSR count). The van der Waals surface area contributed by atoms with Gasteiger partial charge in [0.2, 0.25) is 0 Å². The fourth-order valence-corrected chi connectivity index (χ4v) is 9.06. The van der Waals surface area contributed by atoms with Crippen molar-refractivity contribution in [1.29, 1.82) is 0 Å². The van der Waals surface area contributed by atoms with Gasteiger partial charge in [0.05, 0.1) is 0 Å². The lowest BCUT2D eigenvalue weighted by molar-refractivity contribution is 0.951. The number of rotatable bonds is 2. The fourth-order valence-electron chi connectivity index (χ4n) is 7.74. The minimum Gasteiger partial charge on any atom is -0.0616 e. The second-order valence-corrected chi connectivity index (χ2v) is 15.0. The Hall–Kier alpha value is -4.33. The molecule has 0 aromatic heterocycles. The molecular weight excluding hydrogens is 521 g/mol. The smallest absolute Gasteiger partial charge is 0.0314 e. The Balaban J connectivity index is 1.41. The van der Waals surface area contributed by atoms with E-state index in [2.05, 4.69) is 143 Å². The Kier molecular flexibility index (Phi) is 5.64. The molecule has 0 saturated carbocycles. The van der Waals surface area contributed by atoms with Crippen LogP contribution in [0.25, 0.3) is 56.0 Å². The molecule has 0 fully saturated rings. The van der Waals surface area contributed by atoms with Gasteiger partial charge in [-0.1, -0.05) is 121 Å². The first-order chi connectivity index (χ1) is 20.4. The van der Waals surface area contributed by atoms with Crippen LogP contribution in [-0.4, -0.2) is 8.41 Å². The SMILES string of the molecule is CC1=Cc2c(-c3cc4ccccc4c4ccccc34)cccc2C1c1c(C)c(=[Si](C)C)cc2c1=Cc1cc(C)ccc1-2. The summed E-state index contributed by atoms with van der Waals surface area (Å²) < 4.78 is 0. The van der Waals surface area contributed by atoms with E-state index >= 15 is 0 Å². The maximum absolute atomic E-state index is 2.52. The highest BCUT2D eigenvalue weighted by atomic mass is 28.2. The van der Waals surface area contributed by atoms with Gasteiger partial charge in [-0.15, -0.1) is 0 Å². The topological polar surface area (TPSA) is 0 Å². The van der Waals surface area contributed by atoms with E-state index in [-0.39, 0.29) is 5.92 Å². The quantitative estimate of drug-likeness (QED) is 0.147. The molecule has 6 aromatic carbocycles. The minimum atomic E-state index is -0.646. The Morgan fingerprint density at radius 2 is 1.36 bits per heavy atom. The second-order valence-electron chi connectivity index (χ2n) is 12.5. The van der Waals surface area contributed by atoms with Crippen molar-refractivity contribution in [2.75, 3.05) is 0 Å². The summed E-state index contributed by atoms with van der Waals surface area (Å²) in [5.74, 6) is 0.258. The first-order valence-corrected chi connectivity index (χ1v) is 17.6. The summed E-state index contributed by atoms with van der Waals surface area (Å²) in [4.78, 5) is 1.56. The maximum Gasteiger partial charge on any atom is 0.0314 e. The summed E-state index contributed by atoms with van der Waals surface area (Å²) in [6.07, 6.45) is 4.95. The molecule has 0 nitrogen and oxygen atoms in total. The van der Waals surface area contributed by atoms with Crippen LogP contribution < -0.4 is 5.22 Å². The predicted octanol–water partition coefficient (Wildman–Crippen LogP) is 10.2. The number of hydrogen-bond donors (Lipinski definition) is 0. The summed E-state index contributed by atoms with van der Waals surface area (Å²) >= 11 is 0. The number of fused-ring (bicyclic) bond motifs is 7. The zero-order valence-electron chi connectivity index (χ0n) is 25.0. The van der Waals surface area contributed by atoms with E-state index in [0.29, 0.717) is 0 Å². The average Bonchev–Trinajstić information content (AvgIpc) is 3.52. The maximum atomic E-state index is 2.52.